The van der Waals surface area contributed by atoms with Crippen LogP contribution in [-0.4, -0.2) is 35.8 Å². The number of carbonyl (C=O) groups excluding carboxylic acids is 1. The predicted octanol–water partition coefficient (Wildman–Crippen LogP) is 5.27. The van der Waals surface area contributed by atoms with Gasteiger partial charge in [0.15, 0.2) is 5.65 Å². The minimum absolute atomic E-state index is 0.0705. The van der Waals surface area contributed by atoms with Crippen molar-refractivity contribution in [3.63, 3.8) is 0 Å². The van der Waals surface area contributed by atoms with E-state index in [0.717, 1.165) is 17.8 Å². The normalized spacial score (nSPS) is 11.5. The van der Waals surface area contributed by atoms with Crippen LogP contribution in [0.3, 0.4) is 0 Å². The molecule has 186 valence electrons. The quantitative estimate of drug-likeness (QED) is 0.277. The Morgan fingerprint density at radius 2 is 1.78 bits per heavy atom. The third-order valence-corrected chi connectivity index (χ3v) is 5.43. The van der Waals surface area contributed by atoms with E-state index in [1.807, 2.05) is 0 Å². The zero-order valence-electron chi connectivity index (χ0n) is 18.9. The lowest BCUT2D eigenvalue weighted by atomic mass is 10.1. The Hall–Kier alpha value is -4.94. The molecule has 4 aromatic heterocycles. The Kier molecular flexibility index (Phi) is 5.95. The molecule has 0 fully saturated rings. The number of hydrogen-bond donors (Lipinski definition) is 3. The summed E-state index contributed by atoms with van der Waals surface area (Å²) in [5.74, 6) is -1.28. The van der Waals surface area contributed by atoms with Crippen LogP contribution in [0, 0.1) is 12.7 Å². The van der Waals surface area contributed by atoms with E-state index in [2.05, 4.69) is 40.5 Å². The Bertz CT molecular complexity index is 1630. The first-order valence-corrected chi connectivity index (χ1v) is 10.7. The van der Waals surface area contributed by atoms with E-state index in [1.165, 1.54) is 24.9 Å². The lowest BCUT2D eigenvalue weighted by Gasteiger charge is -2.15. The molecule has 37 heavy (non-hydrogen) atoms. The third kappa shape index (κ3) is 4.78. The van der Waals surface area contributed by atoms with Crippen molar-refractivity contribution >= 4 is 34.3 Å². The monoisotopic (exact) mass is 508 g/mol. The van der Waals surface area contributed by atoms with Crippen LogP contribution >= 0.6 is 0 Å². The van der Waals surface area contributed by atoms with Crippen molar-refractivity contribution in [2.45, 2.75) is 13.1 Å². The van der Waals surface area contributed by atoms with Gasteiger partial charge in [-0.05, 0) is 42.8 Å². The molecule has 4 heterocycles. The first-order chi connectivity index (χ1) is 17.7. The summed E-state index contributed by atoms with van der Waals surface area (Å²) in [6.07, 6.45) is 0.269. The minimum atomic E-state index is -4.61. The molecular formula is C24H16F4N8O. The molecule has 0 spiro atoms. The number of benzene rings is 1. The highest BCUT2D eigenvalue weighted by atomic mass is 19.4. The van der Waals surface area contributed by atoms with Crippen molar-refractivity contribution in [2.24, 2.45) is 0 Å². The van der Waals surface area contributed by atoms with Gasteiger partial charge in [0.1, 0.15) is 34.9 Å². The van der Waals surface area contributed by atoms with Gasteiger partial charge in [0.2, 0.25) is 0 Å². The highest BCUT2D eigenvalue weighted by Crippen LogP contribution is 2.34. The molecule has 0 radical (unpaired) electrons. The number of aromatic amines is 1. The first kappa shape index (κ1) is 23.8. The molecule has 0 aliphatic heterocycles. The second-order valence-electron chi connectivity index (χ2n) is 7.88. The number of halogens is 4. The number of imidazole rings is 1. The molecule has 0 saturated carbocycles. The van der Waals surface area contributed by atoms with Crippen LogP contribution in [-0.2, 0) is 6.18 Å². The number of pyridine rings is 2. The predicted molar refractivity (Wildman–Crippen MR) is 127 cm³/mol. The van der Waals surface area contributed by atoms with Crippen molar-refractivity contribution in [3.8, 4) is 11.3 Å². The Morgan fingerprint density at radius 1 is 0.973 bits per heavy atom. The number of rotatable bonds is 5. The molecular weight excluding hydrogens is 492 g/mol. The summed E-state index contributed by atoms with van der Waals surface area (Å²) < 4.78 is 54.0. The highest BCUT2D eigenvalue weighted by Gasteiger charge is 2.31. The van der Waals surface area contributed by atoms with Gasteiger partial charge in [0.25, 0.3) is 5.91 Å². The Labute approximate surface area is 206 Å². The van der Waals surface area contributed by atoms with E-state index in [9.17, 15) is 18.0 Å². The molecule has 1 amide bonds. The number of carbonyl (C=O) groups is 1. The molecule has 5 rings (SSSR count). The van der Waals surface area contributed by atoms with Crippen molar-refractivity contribution in [2.75, 3.05) is 10.6 Å². The van der Waals surface area contributed by atoms with Crippen LogP contribution in [0.25, 0.3) is 22.4 Å². The van der Waals surface area contributed by atoms with Gasteiger partial charge in [-0.15, -0.1) is 0 Å². The van der Waals surface area contributed by atoms with Crippen LogP contribution in [0.4, 0.5) is 34.8 Å². The van der Waals surface area contributed by atoms with Crippen molar-refractivity contribution in [3.05, 3.63) is 84.1 Å². The molecule has 0 aliphatic rings. The number of H-pyrrole nitrogens is 1. The summed E-state index contributed by atoms with van der Waals surface area (Å²) in [4.78, 5) is 35.8. The molecule has 9 nitrogen and oxygen atoms in total. The molecule has 0 bridgehead atoms. The lowest BCUT2D eigenvalue weighted by Crippen LogP contribution is -2.16. The maximum Gasteiger partial charge on any atom is 0.416 e. The van der Waals surface area contributed by atoms with E-state index < -0.39 is 29.2 Å². The maximum atomic E-state index is 15.0. The van der Waals surface area contributed by atoms with E-state index in [-0.39, 0.29) is 22.8 Å². The largest absolute Gasteiger partial charge is 0.416 e. The van der Waals surface area contributed by atoms with Gasteiger partial charge in [-0.2, -0.15) is 13.2 Å². The second-order valence-corrected chi connectivity index (χ2v) is 7.88. The smallest absolute Gasteiger partial charge is 0.341 e. The molecule has 0 saturated heterocycles. The molecule has 0 atom stereocenters. The van der Waals surface area contributed by atoms with Gasteiger partial charge in [0.05, 0.1) is 17.5 Å². The summed E-state index contributed by atoms with van der Waals surface area (Å²) in [6, 6.07) is 7.44. The third-order valence-electron chi connectivity index (χ3n) is 5.43. The number of aromatic nitrogens is 6. The zero-order valence-corrected chi connectivity index (χ0v) is 18.9. The SMILES string of the molecule is Cc1ccc(NC(=O)c2cc(C(F)(F)F)ccn2)cc1Nc1nccc(F)c1-c1ncnc2nc[nH]c12. The van der Waals surface area contributed by atoms with Gasteiger partial charge in [0, 0.05) is 23.8 Å². The Balaban J connectivity index is 1.46. The number of nitrogens with one attached hydrogen (secondary N) is 3. The van der Waals surface area contributed by atoms with Gasteiger partial charge >= 0.3 is 6.18 Å². The van der Waals surface area contributed by atoms with Gasteiger partial charge < -0.3 is 15.6 Å². The van der Waals surface area contributed by atoms with Gasteiger partial charge in [-0.1, -0.05) is 6.07 Å². The molecule has 0 aliphatic carbocycles. The fourth-order valence-electron chi connectivity index (χ4n) is 3.60. The highest BCUT2D eigenvalue weighted by molar-refractivity contribution is 6.03. The zero-order chi connectivity index (χ0) is 26.2. The lowest BCUT2D eigenvalue weighted by molar-refractivity contribution is -0.137. The maximum absolute atomic E-state index is 15.0. The Morgan fingerprint density at radius 3 is 2.59 bits per heavy atom. The van der Waals surface area contributed by atoms with Crippen LogP contribution < -0.4 is 10.6 Å². The number of alkyl halides is 3. The fraction of sp³-hybridized carbons (Fsp3) is 0.0833. The molecule has 3 N–H and O–H groups in total. The second kappa shape index (κ2) is 9.26. The number of nitrogens with zero attached hydrogens (tertiary/aromatic N) is 5. The van der Waals surface area contributed by atoms with E-state index in [1.54, 1.807) is 25.1 Å². The molecule has 5 aromatic rings. The van der Waals surface area contributed by atoms with Crippen LogP contribution in [0.2, 0.25) is 0 Å². The summed E-state index contributed by atoms with van der Waals surface area (Å²) in [5.41, 5.74) is 1.16. The van der Waals surface area contributed by atoms with Crippen molar-refractivity contribution < 1.29 is 22.4 Å². The van der Waals surface area contributed by atoms with Crippen LogP contribution in [0.15, 0.2) is 61.4 Å². The number of aryl methyl sites for hydroxylation is 1. The van der Waals surface area contributed by atoms with Crippen LogP contribution in [0.5, 0.6) is 0 Å². The van der Waals surface area contributed by atoms with Gasteiger partial charge in [-0.3, -0.25) is 9.78 Å². The van der Waals surface area contributed by atoms with Crippen molar-refractivity contribution in [1.82, 2.24) is 29.9 Å². The van der Waals surface area contributed by atoms with E-state index in [0.29, 0.717) is 22.9 Å². The summed E-state index contributed by atoms with van der Waals surface area (Å²) >= 11 is 0. The summed E-state index contributed by atoms with van der Waals surface area (Å²) in [6.45, 7) is 1.78. The van der Waals surface area contributed by atoms with Crippen LogP contribution in [0.1, 0.15) is 21.6 Å². The fourth-order valence-corrected chi connectivity index (χ4v) is 3.60. The first-order valence-electron chi connectivity index (χ1n) is 10.7. The summed E-state index contributed by atoms with van der Waals surface area (Å²) in [7, 11) is 0. The van der Waals surface area contributed by atoms with Crippen molar-refractivity contribution in [1.29, 1.82) is 0 Å². The van der Waals surface area contributed by atoms with E-state index >= 15 is 4.39 Å². The molecule has 1 aromatic carbocycles. The minimum Gasteiger partial charge on any atom is -0.341 e. The standard InChI is InChI=1S/C24H16F4N8O/c1-12-2-3-14(35-23(37)17-8-13(4-6-29-17)24(26,27)28)9-16(12)36-21-18(15(25)5-7-30-21)19-20-22(33-10-31-19)34-11-32-20/h2-11H,1H3,(H,30,36)(H,35,37)(H,31,32,33,34). The van der Waals surface area contributed by atoms with E-state index in [4.69, 9.17) is 0 Å². The van der Waals surface area contributed by atoms with Gasteiger partial charge in [-0.25, -0.2) is 24.3 Å². The number of anilines is 3. The average molecular weight is 508 g/mol. The molecule has 13 heteroatoms. The topological polar surface area (TPSA) is 121 Å². The molecule has 0 unspecified atom stereocenters. The number of fused-ring (bicyclic) bond motifs is 1. The summed E-state index contributed by atoms with van der Waals surface area (Å²) in [5, 5.41) is 5.59. The number of amides is 1. The number of hydrogen-bond acceptors (Lipinski definition) is 7. The average Bonchev–Trinajstić information content (AvgIpc) is 3.35.